The molecular formula is C14H32N2OSi. The molecule has 1 aliphatic heterocycles. The van der Waals surface area contributed by atoms with Gasteiger partial charge in [0.05, 0.1) is 0 Å². The summed E-state index contributed by atoms with van der Waals surface area (Å²) in [4.78, 5) is 4.83. The predicted octanol–water partition coefficient (Wildman–Crippen LogP) is 2.65. The summed E-state index contributed by atoms with van der Waals surface area (Å²) in [7, 11) is 2.80. The minimum atomic E-state index is -1.41. The Hall–Kier alpha value is 0.0969. The van der Waals surface area contributed by atoms with Gasteiger partial charge < -0.3 is 14.2 Å². The van der Waals surface area contributed by atoms with Crippen molar-refractivity contribution >= 4 is 8.32 Å². The molecule has 0 N–H and O–H groups in total. The minimum Gasteiger partial charge on any atom is -0.416 e. The fourth-order valence-electron chi connectivity index (χ4n) is 2.49. The molecule has 1 aliphatic rings. The van der Waals surface area contributed by atoms with E-state index in [2.05, 4.69) is 37.0 Å². The second-order valence-electron chi connectivity index (χ2n) is 6.42. The SMILES string of the molecule is CN(C)CCO[Si](C)(C)CCCN1CCCCC1. The zero-order valence-electron chi connectivity index (χ0n) is 12.9. The van der Waals surface area contributed by atoms with Crippen LogP contribution in [0.15, 0.2) is 0 Å². The fraction of sp³-hybridized carbons (Fsp3) is 1.00. The quantitative estimate of drug-likeness (QED) is 0.632. The summed E-state index contributed by atoms with van der Waals surface area (Å²) in [5.41, 5.74) is 0. The molecule has 0 spiro atoms. The molecular weight excluding hydrogens is 240 g/mol. The van der Waals surface area contributed by atoms with Crippen LogP contribution in [0.3, 0.4) is 0 Å². The Morgan fingerprint density at radius 1 is 1.11 bits per heavy atom. The molecule has 1 saturated heterocycles. The second-order valence-corrected chi connectivity index (χ2v) is 10.7. The van der Waals surface area contributed by atoms with Crippen molar-refractivity contribution in [3.8, 4) is 0 Å². The maximum atomic E-state index is 6.11. The monoisotopic (exact) mass is 272 g/mol. The van der Waals surface area contributed by atoms with Crippen LogP contribution in [0.2, 0.25) is 19.1 Å². The van der Waals surface area contributed by atoms with Crippen LogP contribution in [0.1, 0.15) is 25.7 Å². The summed E-state index contributed by atoms with van der Waals surface area (Å²) in [6, 6.07) is 1.30. The molecule has 0 aromatic rings. The van der Waals surface area contributed by atoms with Crippen molar-refractivity contribution in [2.24, 2.45) is 0 Å². The van der Waals surface area contributed by atoms with Crippen LogP contribution in [0, 0.1) is 0 Å². The summed E-state index contributed by atoms with van der Waals surface area (Å²) < 4.78 is 6.11. The molecule has 18 heavy (non-hydrogen) atoms. The lowest BCUT2D eigenvalue weighted by molar-refractivity contribution is 0.224. The zero-order chi connectivity index (χ0) is 13.4. The average molecular weight is 273 g/mol. The van der Waals surface area contributed by atoms with E-state index in [1.54, 1.807) is 0 Å². The Kier molecular flexibility index (Phi) is 7.45. The molecule has 0 atom stereocenters. The Bertz CT molecular complexity index is 216. The smallest absolute Gasteiger partial charge is 0.186 e. The van der Waals surface area contributed by atoms with Crippen molar-refractivity contribution in [3.63, 3.8) is 0 Å². The molecule has 108 valence electrons. The normalized spacial score (nSPS) is 18.5. The van der Waals surface area contributed by atoms with Gasteiger partial charge in [0.15, 0.2) is 8.32 Å². The number of nitrogens with zero attached hydrogens (tertiary/aromatic N) is 2. The van der Waals surface area contributed by atoms with Gasteiger partial charge >= 0.3 is 0 Å². The molecule has 1 rings (SSSR count). The van der Waals surface area contributed by atoms with E-state index in [1.807, 2.05) is 0 Å². The van der Waals surface area contributed by atoms with E-state index >= 15 is 0 Å². The van der Waals surface area contributed by atoms with Gasteiger partial charge in [0, 0.05) is 13.2 Å². The molecule has 0 saturated carbocycles. The molecule has 4 heteroatoms. The number of likely N-dealkylation sites (N-methyl/N-ethyl adjacent to an activating group) is 1. The molecule has 1 heterocycles. The predicted molar refractivity (Wildman–Crippen MR) is 81.7 cm³/mol. The lowest BCUT2D eigenvalue weighted by Gasteiger charge is -2.28. The van der Waals surface area contributed by atoms with Crippen molar-refractivity contribution in [2.75, 3.05) is 46.9 Å². The Balaban J connectivity index is 2.08. The van der Waals surface area contributed by atoms with Crippen LogP contribution in [0.4, 0.5) is 0 Å². The lowest BCUT2D eigenvalue weighted by atomic mass is 10.1. The van der Waals surface area contributed by atoms with Gasteiger partial charge in [0.1, 0.15) is 0 Å². The maximum absolute atomic E-state index is 6.11. The molecule has 0 aromatic heterocycles. The third kappa shape index (κ3) is 7.51. The highest BCUT2D eigenvalue weighted by Crippen LogP contribution is 2.16. The minimum absolute atomic E-state index is 0.899. The molecule has 0 bridgehead atoms. The number of rotatable bonds is 8. The molecule has 0 unspecified atom stereocenters. The number of piperidine rings is 1. The van der Waals surface area contributed by atoms with Gasteiger partial charge in [-0.3, -0.25) is 0 Å². The highest BCUT2D eigenvalue weighted by molar-refractivity contribution is 6.71. The van der Waals surface area contributed by atoms with E-state index in [-0.39, 0.29) is 0 Å². The van der Waals surface area contributed by atoms with Gasteiger partial charge in [0.2, 0.25) is 0 Å². The zero-order valence-corrected chi connectivity index (χ0v) is 13.9. The van der Waals surface area contributed by atoms with Crippen LogP contribution in [0.25, 0.3) is 0 Å². The fourth-order valence-corrected chi connectivity index (χ4v) is 4.29. The third-order valence-corrected chi connectivity index (χ3v) is 6.28. The Labute approximate surface area is 115 Å². The standard InChI is InChI=1S/C14H32N2OSi/c1-15(2)12-13-17-18(3,4)14-8-11-16-9-6-5-7-10-16/h5-14H2,1-4H3. The summed E-state index contributed by atoms with van der Waals surface area (Å²) in [6.45, 7) is 10.6. The lowest BCUT2D eigenvalue weighted by Crippen LogP contribution is -2.36. The van der Waals surface area contributed by atoms with Crippen LogP contribution in [-0.4, -0.2) is 65.0 Å². The van der Waals surface area contributed by atoms with E-state index in [9.17, 15) is 0 Å². The van der Waals surface area contributed by atoms with Gasteiger partial charge in [-0.25, -0.2) is 0 Å². The van der Waals surface area contributed by atoms with Crippen molar-refractivity contribution in [2.45, 2.75) is 44.8 Å². The summed E-state index contributed by atoms with van der Waals surface area (Å²) in [6.07, 6.45) is 5.56. The Morgan fingerprint density at radius 3 is 2.39 bits per heavy atom. The maximum Gasteiger partial charge on any atom is 0.186 e. The molecule has 0 amide bonds. The first-order valence-corrected chi connectivity index (χ1v) is 10.6. The number of hydrogen-bond acceptors (Lipinski definition) is 3. The first-order chi connectivity index (χ1) is 8.49. The topological polar surface area (TPSA) is 15.7 Å². The van der Waals surface area contributed by atoms with Crippen LogP contribution >= 0.6 is 0 Å². The summed E-state index contributed by atoms with van der Waals surface area (Å²) in [5.74, 6) is 0. The van der Waals surface area contributed by atoms with Crippen molar-refractivity contribution < 1.29 is 4.43 Å². The van der Waals surface area contributed by atoms with Crippen molar-refractivity contribution in [1.29, 1.82) is 0 Å². The first kappa shape index (κ1) is 16.2. The largest absolute Gasteiger partial charge is 0.416 e. The van der Waals surface area contributed by atoms with E-state index < -0.39 is 8.32 Å². The highest BCUT2D eigenvalue weighted by Gasteiger charge is 2.22. The van der Waals surface area contributed by atoms with E-state index in [0.29, 0.717) is 0 Å². The Morgan fingerprint density at radius 2 is 1.78 bits per heavy atom. The average Bonchev–Trinajstić information content (AvgIpc) is 2.29. The van der Waals surface area contributed by atoms with Crippen molar-refractivity contribution in [1.82, 2.24) is 9.80 Å². The molecule has 0 aromatic carbocycles. The van der Waals surface area contributed by atoms with E-state index in [0.717, 1.165) is 13.2 Å². The van der Waals surface area contributed by atoms with Gasteiger partial charge in [-0.1, -0.05) is 6.42 Å². The van der Waals surface area contributed by atoms with Gasteiger partial charge in [-0.2, -0.15) is 0 Å². The second kappa shape index (κ2) is 8.30. The van der Waals surface area contributed by atoms with Gasteiger partial charge in [-0.15, -0.1) is 0 Å². The van der Waals surface area contributed by atoms with Crippen LogP contribution < -0.4 is 0 Å². The van der Waals surface area contributed by atoms with E-state index in [1.165, 1.54) is 51.4 Å². The first-order valence-electron chi connectivity index (χ1n) is 7.51. The van der Waals surface area contributed by atoms with Crippen molar-refractivity contribution in [3.05, 3.63) is 0 Å². The van der Waals surface area contributed by atoms with Gasteiger partial charge in [0.25, 0.3) is 0 Å². The highest BCUT2D eigenvalue weighted by atomic mass is 28.4. The molecule has 3 nitrogen and oxygen atoms in total. The van der Waals surface area contributed by atoms with Crippen LogP contribution in [0.5, 0.6) is 0 Å². The summed E-state index contributed by atoms with van der Waals surface area (Å²) in [5, 5.41) is 0. The van der Waals surface area contributed by atoms with E-state index in [4.69, 9.17) is 4.43 Å². The third-order valence-electron chi connectivity index (χ3n) is 3.73. The number of likely N-dealkylation sites (tertiary alicyclic amines) is 1. The molecule has 0 aliphatic carbocycles. The number of hydrogen-bond donors (Lipinski definition) is 0. The van der Waals surface area contributed by atoms with Crippen LogP contribution in [-0.2, 0) is 4.43 Å². The van der Waals surface area contributed by atoms with Gasteiger partial charge in [-0.05, 0) is 72.1 Å². The molecule has 1 fully saturated rings. The molecule has 0 radical (unpaired) electrons. The summed E-state index contributed by atoms with van der Waals surface area (Å²) >= 11 is 0.